The second-order valence-corrected chi connectivity index (χ2v) is 9.59. The zero-order valence-corrected chi connectivity index (χ0v) is 18.4. The van der Waals surface area contributed by atoms with Crippen molar-refractivity contribution in [3.05, 3.63) is 95.6 Å². The summed E-state index contributed by atoms with van der Waals surface area (Å²) in [4.78, 5) is 0. The first-order valence-electron chi connectivity index (χ1n) is 10.1. The van der Waals surface area contributed by atoms with E-state index in [-0.39, 0.29) is 0 Å². The van der Waals surface area contributed by atoms with Gasteiger partial charge in [-0.05, 0) is 55.5 Å². The van der Waals surface area contributed by atoms with Crippen LogP contribution in [0.5, 0.6) is 11.5 Å². The van der Waals surface area contributed by atoms with Gasteiger partial charge in [0.15, 0.2) is 11.5 Å². The maximum atomic E-state index is 11.7. The molecule has 0 aliphatic heterocycles. The Morgan fingerprint density at radius 2 is 1.30 bits per heavy atom. The standard InChI is InChI=1S/C25H29NO3S/c1-25(2,30(26)27)16-15-20-13-14-23(28-18-21-9-5-3-6-10-21)24(17-20)29-19-22-11-7-4-8-12-22/h3-14,17H,15-16,18-19,26H2,1-2H3. The Morgan fingerprint density at radius 1 is 0.767 bits per heavy atom. The Morgan fingerprint density at radius 3 is 1.83 bits per heavy atom. The number of aryl methyl sites for hydroxylation is 1. The van der Waals surface area contributed by atoms with Crippen molar-refractivity contribution in [2.45, 2.75) is 44.6 Å². The van der Waals surface area contributed by atoms with Crippen LogP contribution in [-0.2, 0) is 30.6 Å². The SMILES string of the molecule is CC(C)(CCc1ccc(OCc2ccccc2)c(OCc2ccccc2)c1)S(N)=O. The molecule has 4 nitrogen and oxygen atoms in total. The van der Waals surface area contributed by atoms with Crippen LogP contribution in [0.1, 0.15) is 37.0 Å². The maximum Gasteiger partial charge on any atom is 0.161 e. The number of ether oxygens (including phenoxy) is 2. The predicted molar refractivity (Wildman–Crippen MR) is 123 cm³/mol. The van der Waals surface area contributed by atoms with Crippen LogP contribution in [0.25, 0.3) is 0 Å². The lowest BCUT2D eigenvalue weighted by molar-refractivity contribution is 0.255. The topological polar surface area (TPSA) is 61.6 Å². The van der Waals surface area contributed by atoms with E-state index in [1.807, 2.05) is 92.7 Å². The Balaban J connectivity index is 1.75. The van der Waals surface area contributed by atoms with Crippen LogP contribution in [-0.4, -0.2) is 8.96 Å². The minimum Gasteiger partial charge on any atom is -0.485 e. The summed E-state index contributed by atoms with van der Waals surface area (Å²) in [5.41, 5.74) is 3.29. The molecule has 2 N–H and O–H groups in total. The quantitative estimate of drug-likeness (QED) is 0.489. The van der Waals surface area contributed by atoms with Gasteiger partial charge in [-0.25, -0.2) is 4.21 Å². The van der Waals surface area contributed by atoms with Gasteiger partial charge >= 0.3 is 0 Å². The van der Waals surface area contributed by atoms with Crippen LogP contribution in [0, 0.1) is 0 Å². The fourth-order valence-electron chi connectivity index (χ4n) is 2.96. The summed E-state index contributed by atoms with van der Waals surface area (Å²) in [6.07, 6.45) is 1.48. The Hall–Kier alpha value is -2.63. The van der Waals surface area contributed by atoms with E-state index in [4.69, 9.17) is 14.6 Å². The van der Waals surface area contributed by atoms with Crippen molar-refractivity contribution in [1.82, 2.24) is 0 Å². The first kappa shape index (κ1) is 22.1. The Bertz CT molecular complexity index is 959. The van der Waals surface area contributed by atoms with Gasteiger partial charge < -0.3 is 9.47 Å². The molecule has 0 fully saturated rings. The Labute approximate surface area is 181 Å². The molecule has 3 rings (SSSR count). The largest absolute Gasteiger partial charge is 0.485 e. The molecule has 1 atom stereocenters. The van der Waals surface area contributed by atoms with Crippen molar-refractivity contribution in [3.8, 4) is 11.5 Å². The summed E-state index contributed by atoms with van der Waals surface area (Å²) in [5, 5.41) is 5.62. The highest BCUT2D eigenvalue weighted by atomic mass is 32.2. The molecule has 0 spiro atoms. The molecule has 0 radical (unpaired) electrons. The van der Waals surface area contributed by atoms with Crippen LogP contribution in [0.2, 0.25) is 0 Å². The van der Waals surface area contributed by atoms with Gasteiger partial charge in [0.1, 0.15) is 13.2 Å². The van der Waals surface area contributed by atoms with Crippen molar-refractivity contribution in [1.29, 1.82) is 0 Å². The summed E-state index contributed by atoms with van der Waals surface area (Å²) in [6, 6.07) is 26.1. The molecule has 1 unspecified atom stereocenters. The third kappa shape index (κ3) is 6.44. The summed E-state index contributed by atoms with van der Waals surface area (Å²) in [5.74, 6) is 1.42. The van der Waals surface area contributed by atoms with E-state index in [0.717, 1.165) is 29.5 Å². The molecule has 0 aliphatic rings. The van der Waals surface area contributed by atoms with Gasteiger partial charge in [-0.15, -0.1) is 0 Å². The highest BCUT2D eigenvalue weighted by Gasteiger charge is 2.23. The highest BCUT2D eigenvalue weighted by molar-refractivity contribution is 7.84. The van der Waals surface area contributed by atoms with Gasteiger partial charge in [0.2, 0.25) is 0 Å². The predicted octanol–water partition coefficient (Wildman–Crippen LogP) is 5.18. The third-order valence-electron chi connectivity index (χ3n) is 5.04. The summed E-state index contributed by atoms with van der Waals surface area (Å²) < 4.78 is 23.5. The van der Waals surface area contributed by atoms with Gasteiger partial charge in [-0.3, -0.25) is 5.14 Å². The molecule has 30 heavy (non-hydrogen) atoms. The molecule has 0 heterocycles. The minimum absolute atomic E-state index is 0.437. The lowest BCUT2D eigenvalue weighted by atomic mass is 10.0. The van der Waals surface area contributed by atoms with Crippen LogP contribution in [0.4, 0.5) is 0 Å². The zero-order valence-electron chi connectivity index (χ0n) is 17.5. The maximum absolute atomic E-state index is 11.7. The first-order valence-corrected chi connectivity index (χ1v) is 11.3. The Kier molecular flexibility index (Phi) is 7.66. The van der Waals surface area contributed by atoms with Gasteiger partial charge in [0.25, 0.3) is 0 Å². The lowest BCUT2D eigenvalue weighted by Gasteiger charge is -2.21. The van der Waals surface area contributed by atoms with Crippen molar-refractivity contribution in [3.63, 3.8) is 0 Å². The van der Waals surface area contributed by atoms with Crippen molar-refractivity contribution in [2.24, 2.45) is 5.14 Å². The van der Waals surface area contributed by atoms with E-state index in [2.05, 4.69) is 0 Å². The average molecular weight is 424 g/mol. The van der Waals surface area contributed by atoms with Crippen LogP contribution < -0.4 is 14.6 Å². The second-order valence-electron chi connectivity index (χ2n) is 7.89. The number of nitrogens with two attached hydrogens (primary N) is 1. The minimum atomic E-state index is -1.37. The molecule has 0 amide bonds. The molecular weight excluding hydrogens is 394 g/mol. The van der Waals surface area contributed by atoms with Gasteiger partial charge in [-0.2, -0.15) is 0 Å². The van der Waals surface area contributed by atoms with Gasteiger partial charge in [-0.1, -0.05) is 66.7 Å². The van der Waals surface area contributed by atoms with Crippen molar-refractivity contribution < 1.29 is 13.7 Å². The highest BCUT2D eigenvalue weighted by Crippen LogP contribution is 2.31. The first-order chi connectivity index (χ1) is 14.4. The fourth-order valence-corrected chi connectivity index (χ4v) is 3.26. The van der Waals surface area contributed by atoms with Crippen molar-refractivity contribution in [2.75, 3.05) is 0 Å². The van der Waals surface area contributed by atoms with E-state index in [9.17, 15) is 4.21 Å². The van der Waals surface area contributed by atoms with Crippen LogP contribution in [0.3, 0.4) is 0 Å². The third-order valence-corrected chi connectivity index (χ3v) is 6.34. The molecule has 3 aromatic carbocycles. The second kappa shape index (κ2) is 10.4. The summed E-state index contributed by atoms with van der Waals surface area (Å²) in [7, 11) is -1.37. The van der Waals surface area contributed by atoms with Crippen molar-refractivity contribution >= 4 is 11.0 Å². The lowest BCUT2D eigenvalue weighted by Crippen LogP contribution is -2.32. The molecule has 0 aromatic heterocycles. The van der Waals surface area contributed by atoms with E-state index in [1.165, 1.54) is 0 Å². The molecule has 3 aromatic rings. The molecular formula is C25H29NO3S. The van der Waals surface area contributed by atoms with E-state index in [1.54, 1.807) is 0 Å². The zero-order chi connectivity index (χ0) is 21.4. The molecule has 0 saturated carbocycles. The molecule has 5 heteroatoms. The fraction of sp³-hybridized carbons (Fsp3) is 0.280. The molecule has 158 valence electrons. The van der Waals surface area contributed by atoms with Gasteiger partial charge in [0, 0.05) is 0 Å². The molecule has 0 saturated heterocycles. The number of rotatable bonds is 10. The molecule has 0 aliphatic carbocycles. The smallest absolute Gasteiger partial charge is 0.161 e. The summed E-state index contributed by atoms with van der Waals surface area (Å²) >= 11 is 0. The van der Waals surface area contributed by atoms with E-state index >= 15 is 0 Å². The van der Waals surface area contributed by atoms with Gasteiger partial charge in [0.05, 0.1) is 15.7 Å². The number of benzene rings is 3. The van der Waals surface area contributed by atoms with Crippen LogP contribution >= 0.6 is 0 Å². The van der Waals surface area contributed by atoms with Crippen LogP contribution in [0.15, 0.2) is 78.9 Å². The summed E-state index contributed by atoms with van der Waals surface area (Å²) in [6.45, 7) is 4.78. The number of hydrogen-bond acceptors (Lipinski definition) is 3. The number of hydrogen-bond donors (Lipinski definition) is 1. The monoisotopic (exact) mass is 423 g/mol. The van der Waals surface area contributed by atoms with E-state index in [0.29, 0.717) is 24.7 Å². The average Bonchev–Trinajstić information content (AvgIpc) is 2.77. The molecule has 0 bridgehead atoms. The van der Waals surface area contributed by atoms with E-state index < -0.39 is 15.7 Å². The normalized spacial score (nSPS) is 12.4.